The maximum Gasteiger partial charge on any atom is 0.0141 e. The zero-order valence-electron chi connectivity index (χ0n) is 14.0. The third-order valence-corrected chi connectivity index (χ3v) is 5.67. The van der Waals surface area contributed by atoms with Gasteiger partial charge >= 0.3 is 0 Å². The quantitative estimate of drug-likeness (QED) is 0.535. The Bertz CT molecular complexity index is 296. The van der Waals surface area contributed by atoms with Crippen molar-refractivity contribution in [1.82, 2.24) is 5.32 Å². The molecule has 0 aromatic rings. The van der Waals surface area contributed by atoms with Crippen molar-refractivity contribution in [2.45, 2.75) is 72.1 Å². The fraction of sp³-hybridized carbons (Fsp3) is 0.889. The number of hydrogen-bond donors (Lipinski definition) is 1. The highest BCUT2D eigenvalue weighted by atomic mass is 35.5. The Labute approximate surface area is 131 Å². The minimum Gasteiger partial charge on any atom is -0.320 e. The minimum absolute atomic E-state index is 0.464. The van der Waals surface area contributed by atoms with Gasteiger partial charge in [0.25, 0.3) is 0 Å². The Morgan fingerprint density at radius 2 is 2.10 bits per heavy atom. The number of halogens is 1. The lowest BCUT2D eigenvalue weighted by atomic mass is 9.65. The summed E-state index contributed by atoms with van der Waals surface area (Å²) < 4.78 is 0. The van der Waals surface area contributed by atoms with E-state index in [4.69, 9.17) is 11.6 Å². The van der Waals surface area contributed by atoms with Gasteiger partial charge in [-0.25, -0.2) is 0 Å². The zero-order valence-corrected chi connectivity index (χ0v) is 14.7. The van der Waals surface area contributed by atoms with Crippen LogP contribution in [0.3, 0.4) is 0 Å². The van der Waals surface area contributed by atoms with Gasteiger partial charge < -0.3 is 5.32 Å². The second-order valence-electron chi connectivity index (χ2n) is 7.09. The summed E-state index contributed by atoms with van der Waals surface area (Å²) in [5.74, 6) is 1.69. The SMILES string of the molecule is CCC(C)(C)C(CCCCCNC)C1CC=C(Cl)CC1. The number of hydrogen-bond acceptors (Lipinski definition) is 1. The van der Waals surface area contributed by atoms with E-state index >= 15 is 0 Å². The number of rotatable bonds is 9. The van der Waals surface area contributed by atoms with Crippen LogP contribution in [0.25, 0.3) is 0 Å². The van der Waals surface area contributed by atoms with Crippen LogP contribution in [0.4, 0.5) is 0 Å². The summed E-state index contributed by atoms with van der Waals surface area (Å²) in [4.78, 5) is 0. The average molecular weight is 300 g/mol. The highest BCUT2D eigenvalue weighted by molar-refractivity contribution is 6.29. The molecular weight excluding hydrogens is 266 g/mol. The molecule has 1 N–H and O–H groups in total. The Kier molecular flexibility index (Phi) is 8.21. The second kappa shape index (κ2) is 9.10. The van der Waals surface area contributed by atoms with Gasteiger partial charge in [-0.05, 0) is 62.9 Å². The predicted molar refractivity (Wildman–Crippen MR) is 91.2 cm³/mol. The van der Waals surface area contributed by atoms with Crippen molar-refractivity contribution in [3.63, 3.8) is 0 Å². The van der Waals surface area contributed by atoms with Gasteiger partial charge in [0.2, 0.25) is 0 Å². The van der Waals surface area contributed by atoms with E-state index in [1.54, 1.807) is 0 Å². The van der Waals surface area contributed by atoms with Crippen molar-refractivity contribution >= 4 is 11.6 Å². The van der Waals surface area contributed by atoms with Crippen LogP contribution in [0.5, 0.6) is 0 Å². The van der Waals surface area contributed by atoms with Crippen molar-refractivity contribution in [3.05, 3.63) is 11.1 Å². The van der Waals surface area contributed by atoms with Crippen molar-refractivity contribution in [2.24, 2.45) is 17.3 Å². The van der Waals surface area contributed by atoms with Gasteiger partial charge in [-0.1, -0.05) is 57.7 Å². The summed E-state index contributed by atoms with van der Waals surface area (Å²) in [5, 5.41) is 4.33. The Hall–Kier alpha value is -0.0100. The first-order chi connectivity index (χ1) is 9.51. The lowest BCUT2D eigenvalue weighted by Gasteiger charge is -2.40. The number of allylic oxidation sites excluding steroid dienone is 2. The third kappa shape index (κ3) is 5.77. The van der Waals surface area contributed by atoms with Crippen molar-refractivity contribution < 1.29 is 0 Å². The third-order valence-electron chi connectivity index (χ3n) is 5.32. The largest absolute Gasteiger partial charge is 0.320 e. The zero-order chi connectivity index (χ0) is 15.0. The number of nitrogens with one attached hydrogen (secondary N) is 1. The van der Waals surface area contributed by atoms with Crippen LogP contribution in [-0.4, -0.2) is 13.6 Å². The maximum absolute atomic E-state index is 6.15. The molecule has 0 bridgehead atoms. The molecule has 0 radical (unpaired) electrons. The van der Waals surface area contributed by atoms with E-state index in [0.717, 1.165) is 29.8 Å². The minimum atomic E-state index is 0.464. The van der Waals surface area contributed by atoms with Crippen LogP contribution in [-0.2, 0) is 0 Å². The highest BCUT2D eigenvalue weighted by Gasteiger charge is 2.34. The van der Waals surface area contributed by atoms with Gasteiger partial charge in [-0.3, -0.25) is 0 Å². The molecule has 0 aromatic heterocycles. The van der Waals surface area contributed by atoms with E-state index in [9.17, 15) is 0 Å². The summed E-state index contributed by atoms with van der Waals surface area (Å²) in [5.41, 5.74) is 0.464. The van der Waals surface area contributed by atoms with Crippen molar-refractivity contribution in [3.8, 4) is 0 Å². The standard InChI is InChI=1S/C18H34ClN/c1-5-18(2,3)17(9-7-6-8-14-20-4)15-10-12-16(19)13-11-15/h12,15,17,20H,5-11,13-14H2,1-4H3. The van der Waals surface area contributed by atoms with Gasteiger partial charge in [-0.15, -0.1) is 0 Å². The fourth-order valence-electron chi connectivity index (χ4n) is 3.56. The Morgan fingerprint density at radius 1 is 1.35 bits per heavy atom. The molecule has 2 unspecified atom stereocenters. The number of unbranched alkanes of at least 4 members (excludes halogenated alkanes) is 2. The van der Waals surface area contributed by atoms with Gasteiger partial charge in [0, 0.05) is 5.03 Å². The van der Waals surface area contributed by atoms with E-state index in [1.807, 2.05) is 7.05 Å². The molecule has 1 nitrogen and oxygen atoms in total. The van der Waals surface area contributed by atoms with E-state index in [0.29, 0.717) is 5.41 Å². The Balaban J connectivity index is 2.53. The van der Waals surface area contributed by atoms with Crippen LogP contribution in [0.2, 0.25) is 0 Å². The van der Waals surface area contributed by atoms with E-state index < -0.39 is 0 Å². The van der Waals surface area contributed by atoms with Crippen LogP contribution < -0.4 is 5.32 Å². The molecule has 0 amide bonds. The van der Waals surface area contributed by atoms with E-state index in [2.05, 4.69) is 32.2 Å². The van der Waals surface area contributed by atoms with Crippen LogP contribution in [0.15, 0.2) is 11.1 Å². The van der Waals surface area contributed by atoms with Gasteiger partial charge in [0.05, 0.1) is 0 Å². The molecule has 1 aliphatic carbocycles. The van der Waals surface area contributed by atoms with E-state index in [-0.39, 0.29) is 0 Å². The van der Waals surface area contributed by atoms with Crippen molar-refractivity contribution in [1.29, 1.82) is 0 Å². The Morgan fingerprint density at radius 3 is 2.65 bits per heavy atom. The first kappa shape index (κ1) is 18.0. The molecule has 0 aliphatic heterocycles. The summed E-state index contributed by atoms with van der Waals surface area (Å²) in [6, 6.07) is 0. The maximum atomic E-state index is 6.15. The molecule has 2 atom stereocenters. The van der Waals surface area contributed by atoms with Crippen LogP contribution >= 0.6 is 11.6 Å². The summed E-state index contributed by atoms with van der Waals surface area (Å²) >= 11 is 6.15. The molecule has 118 valence electrons. The van der Waals surface area contributed by atoms with Gasteiger partial charge in [0.1, 0.15) is 0 Å². The molecule has 1 aliphatic rings. The smallest absolute Gasteiger partial charge is 0.0141 e. The van der Waals surface area contributed by atoms with Crippen molar-refractivity contribution in [2.75, 3.05) is 13.6 Å². The van der Waals surface area contributed by atoms with Crippen LogP contribution in [0.1, 0.15) is 72.1 Å². The van der Waals surface area contributed by atoms with E-state index in [1.165, 1.54) is 44.9 Å². The molecule has 20 heavy (non-hydrogen) atoms. The molecule has 1 rings (SSSR count). The normalized spacial score (nSPS) is 21.6. The predicted octanol–water partition coefficient (Wildman–Crippen LogP) is 5.74. The molecule has 0 saturated heterocycles. The molecule has 0 saturated carbocycles. The first-order valence-electron chi connectivity index (χ1n) is 8.50. The average Bonchev–Trinajstić information content (AvgIpc) is 2.44. The first-order valence-corrected chi connectivity index (χ1v) is 8.88. The highest BCUT2D eigenvalue weighted by Crippen LogP contribution is 2.44. The van der Waals surface area contributed by atoms with Crippen LogP contribution in [0, 0.1) is 17.3 Å². The fourth-order valence-corrected chi connectivity index (χ4v) is 3.76. The molecule has 0 aromatic carbocycles. The second-order valence-corrected chi connectivity index (χ2v) is 7.57. The van der Waals surface area contributed by atoms with Gasteiger partial charge in [0.15, 0.2) is 0 Å². The lowest BCUT2D eigenvalue weighted by molar-refractivity contribution is 0.111. The topological polar surface area (TPSA) is 12.0 Å². The summed E-state index contributed by atoms with van der Waals surface area (Å²) in [6.45, 7) is 8.43. The molecule has 0 fully saturated rings. The molecular formula is C18H34ClN. The summed E-state index contributed by atoms with van der Waals surface area (Å²) in [6.07, 6.45) is 12.6. The molecule has 0 heterocycles. The molecule has 2 heteroatoms. The monoisotopic (exact) mass is 299 g/mol. The molecule has 0 spiro atoms. The van der Waals surface area contributed by atoms with Gasteiger partial charge in [-0.2, -0.15) is 0 Å². The lowest BCUT2D eigenvalue weighted by Crippen LogP contribution is -2.31. The summed E-state index contributed by atoms with van der Waals surface area (Å²) in [7, 11) is 2.04.